The minimum atomic E-state index is -4.18. The number of rotatable bonds is 6. The van der Waals surface area contributed by atoms with Crippen LogP contribution in [0.25, 0.3) is 0 Å². The first-order chi connectivity index (χ1) is 12.8. The van der Waals surface area contributed by atoms with Crippen LogP contribution in [0.2, 0.25) is 0 Å². The number of alkyl halides is 3. The zero-order valence-electron chi connectivity index (χ0n) is 16.2. The van der Waals surface area contributed by atoms with E-state index >= 15 is 0 Å². The molecule has 1 heterocycles. The van der Waals surface area contributed by atoms with Gasteiger partial charge < -0.3 is 15.0 Å². The van der Waals surface area contributed by atoms with Crippen molar-refractivity contribution in [2.45, 2.75) is 32.0 Å². The summed E-state index contributed by atoms with van der Waals surface area (Å²) < 4.78 is 43.7. The van der Waals surface area contributed by atoms with Crippen molar-refractivity contribution in [1.29, 1.82) is 0 Å². The van der Waals surface area contributed by atoms with Gasteiger partial charge in [-0.3, -0.25) is 9.89 Å². The van der Waals surface area contributed by atoms with Crippen molar-refractivity contribution >= 4 is 5.96 Å². The number of halogens is 3. The molecule has 1 N–H and O–H groups in total. The average molecular weight is 386 g/mol. The lowest BCUT2D eigenvalue weighted by Gasteiger charge is -2.39. The molecule has 5 nitrogen and oxygen atoms in total. The van der Waals surface area contributed by atoms with Crippen LogP contribution in [0, 0.1) is 0 Å². The molecule has 0 bridgehead atoms. The molecule has 8 heteroatoms. The number of ether oxygens (including phenoxy) is 1. The Morgan fingerprint density at radius 1 is 1.19 bits per heavy atom. The SMILES string of the molecule is CN=C(NCCCc1ccc(OC)cc1)N1CCN(C(C)C(F)(F)F)CC1. The summed E-state index contributed by atoms with van der Waals surface area (Å²) in [5.41, 5.74) is 1.24. The maximum Gasteiger partial charge on any atom is 0.403 e. The number of guanidine groups is 1. The summed E-state index contributed by atoms with van der Waals surface area (Å²) in [7, 11) is 3.35. The first-order valence-electron chi connectivity index (χ1n) is 9.24. The van der Waals surface area contributed by atoms with Gasteiger partial charge >= 0.3 is 6.18 Å². The minimum Gasteiger partial charge on any atom is -0.497 e. The van der Waals surface area contributed by atoms with Crippen molar-refractivity contribution in [2.75, 3.05) is 46.9 Å². The van der Waals surface area contributed by atoms with Crippen LogP contribution in [-0.4, -0.2) is 74.9 Å². The van der Waals surface area contributed by atoms with Gasteiger partial charge in [0.15, 0.2) is 5.96 Å². The molecule has 1 aromatic carbocycles. The lowest BCUT2D eigenvalue weighted by molar-refractivity contribution is -0.181. The largest absolute Gasteiger partial charge is 0.497 e. The number of hydrogen-bond acceptors (Lipinski definition) is 3. The van der Waals surface area contributed by atoms with E-state index in [1.54, 1.807) is 14.2 Å². The Labute approximate surface area is 159 Å². The fourth-order valence-corrected chi connectivity index (χ4v) is 3.15. The number of aryl methyl sites for hydroxylation is 1. The Morgan fingerprint density at radius 3 is 2.33 bits per heavy atom. The molecule has 0 aromatic heterocycles. The quantitative estimate of drug-likeness (QED) is 0.464. The van der Waals surface area contributed by atoms with Crippen molar-refractivity contribution < 1.29 is 17.9 Å². The Hall–Kier alpha value is -1.96. The topological polar surface area (TPSA) is 40.1 Å². The summed E-state index contributed by atoms with van der Waals surface area (Å²) in [4.78, 5) is 7.77. The summed E-state index contributed by atoms with van der Waals surface area (Å²) in [6, 6.07) is 6.59. The van der Waals surface area contributed by atoms with Crippen molar-refractivity contribution in [3.05, 3.63) is 29.8 Å². The molecule has 0 aliphatic carbocycles. The van der Waals surface area contributed by atoms with Crippen LogP contribution in [0.1, 0.15) is 18.9 Å². The number of methoxy groups -OCH3 is 1. The lowest BCUT2D eigenvalue weighted by atomic mass is 10.1. The van der Waals surface area contributed by atoms with E-state index in [0.717, 1.165) is 31.1 Å². The molecule has 1 aromatic rings. The standard InChI is InChI=1S/C19H29F3N4O/c1-15(19(20,21)22)25-11-13-26(14-12-25)18(23-2)24-10-4-5-16-6-8-17(27-3)9-7-16/h6-9,15H,4-5,10-14H2,1-3H3,(H,23,24). The highest BCUT2D eigenvalue weighted by Crippen LogP contribution is 2.25. The Balaban J connectivity index is 1.73. The molecule has 0 amide bonds. The number of nitrogens with one attached hydrogen (secondary N) is 1. The summed E-state index contributed by atoms with van der Waals surface area (Å²) in [6.45, 7) is 3.83. The molecular weight excluding hydrogens is 357 g/mol. The van der Waals surface area contributed by atoms with Gasteiger partial charge in [0.25, 0.3) is 0 Å². The third-order valence-corrected chi connectivity index (χ3v) is 4.93. The van der Waals surface area contributed by atoms with Gasteiger partial charge in [-0.2, -0.15) is 13.2 Å². The second-order valence-corrected chi connectivity index (χ2v) is 6.67. The van der Waals surface area contributed by atoms with Crippen LogP contribution in [0.15, 0.2) is 29.3 Å². The first-order valence-corrected chi connectivity index (χ1v) is 9.24. The zero-order valence-corrected chi connectivity index (χ0v) is 16.2. The van der Waals surface area contributed by atoms with Gasteiger partial charge in [-0.15, -0.1) is 0 Å². The molecule has 0 spiro atoms. The molecule has 0 radical (unpaired) electrons. The maximum atomic E-state index is 12.8. The number of benzene rings is 1. The molecular formula is C19H29F3N4O. The number of nitrogens with zero attached hydrogens (tertiary/aromatic N) is 3. The smallest absolute Gasteiger partial charge is 0.403 e. The van der Waals surface area contributed by atoms with Crippen LogP contribution in [-0.2, 0) is 6.42 Å². The predicted molar refractivity (Wildman–Crippen MR) is 101 cm³/mol. The molecule has 1 aliphatic rings. The van der Waals surface area contributed by atoms with E-state index in [-0.39, 0.29) is 0 Å². The molecule has 1 atom stereocenters. The fourth-order valence-electron chi connectivity index (χ4n) is 3.15. The van der Waals surface area contributed by atoms with Crippen LogP contribution < -0.4 is 10.1 Å². The summed E-state index contributed by atoms with van der Waals surface area (Å²) in [5.74, 6) is 1.60. The fraction of sp³-hybridized carbons (Fsp3) is 0.632. The van der Waals surface area contributed by atoms with Gasteiger partial charge in [-0.25, -0.2) is 0 Å². The van der Waals surface area contributed by atoms with E-state index < -0.39 is 12.2 Å². The van der Waals surface area contributed by atoms with E-state index in [9.17, 15) is 13.2 Å². The molecule has 0 saturated carbocycles. The van der Waals surface area contributed by atoms with Gasteiger partial charge in [0, 0.05) is 39.8 Å². The Morgan fingerprint density at radius 2 is 1.81 bits per heavy atom. The van der Waals surface area contributed by atoms with Crippen LogP contribution in [0.3, 0.4) is 0 Å². The van der Waals surface area contributed by atoms with Crippen molar-refractivity contribution in [3.8, 4) is 5.75 Å². The van der Waals surface area contributed by atoms with Crippen molar-refractivity contribution in [1.82, 2.24) is 15.1 Å². The Bertz CT molecular complexity index is 596. The molecule has 1 saturated heterocycles. The van der Waals surface area contributed by atoms with Crippen molar-refractivity contribution in [2.24, 2.45) is 4.99 Å². The highest BCUT2D eigenvalue weighted by atomic mass is 19.4. The molecule has 1 unspecified atom stereocenters. The van der Waals surface area contributed by atoms with Crippen molar-refractivity contribution in [3.63, 3.8) is 0 Å². The van der Waals surface area contributed by atoms with E-state index in [1.165, 1.54) is 17.4 Å². The van der Waals surface area contributed by atoms with E-state index in [0.29, 0.717) is 26.2 Å². The maximum absolute atomic E-state index is 12.8. The zero-order chi connectivity index (χ0) is 19.9. The molecule has 152 valence electrons. The summed E-state index contributed by atoms with van der Waals surface area (Å²) >= 11 is 0. The highest BCUT2D eigenvalue weighted by Gasteiger charge is 2.41. The van der Waals surface area contributed by atoms with E-state index in [4.69, 9.17) is 4.74 Å². The van der Waals surface area contributed by atoms with E-state index in [2.05, 4.69) is 22.4 Å². The Kier molecular flexibility index (Phi) is 7.77. The van der Waals surface area contributed by atoms with Gasteiger partial charge in [0.2, 0.25) is 0 Å². The molecule has 2 rings (SSSR count). The van der Waals surface area contributed by atoms with Crippen LogP contribution >= 0.6 is 0 Å². The summed E-state index contributed by atoms with van der Waals surface area (Å²) in [5, 5.41) is 3.32. The van der Waals surface area contributed by atoms with Crippen LogP contribution in [0.5, 0.6) is 5.75 Å². The first kappa shape index (κ1) is 21.3. The predicted octanol–water partition coefficient (Wildman–Crippen LogP) is 2.77. The number of aliphatic imine (C=N–C) groups is 1. The van der Waals surface area contributed by atoms with Gasteiger partial charge in [0.1, 0.15) is 11.8 Å². The van der Waals surface area contributed by atoms with Gasteiger partial charge in [-0.05, 0) is 37.5 Å². The lowest BCUT2D eigenvalue weighted by Crippen LogP contribution is -2.56. The average Bonchev–Trinajstić information content (AvgIpc) is 2.67. The van der Waals surface area contributed by atoms with E-state index in [1.807, 2.05) is 17.0 Å². The number of hydrogen-bond donors (Lipinski definition) is 1. The normalized spacial score (nSPS) is 17.7. The molecule has 27 heavy (non-hydrogen) atoms. The number of piperazine rings is 1. The highest BCUT2D eigenvalue weighted by molar-refractivity contribution is 5.79. The second kappa shape index (κ2) is 9.82. The second-order valence-electron chi connectivity index (χ2n) is 6.67. The third-order valence-electron chi connectivity index (χ3n) is 4.93. The third kappa shape index (κ3) is 6.30. The van der Waals surface area contributed by atoms with Gasteiger partial charge in [0.05, 0.1) is 7.11 Å². The summed E-state index contributed by atoms with van der Waals surface area (Å²) in [6.07, 6.45) is -2.30. The molecule has 1 fully saturated rings. The minimum absolute atomic E-state index is 0.382. The van der Waals surface area contributed by atoms with Crippen LogP contribution in [0.4, 0.5) is 13.2 Å². The monoisotopic (exact) mass is 386 g/mol. The molecule has 1 aliphatic heterocycles. The van der Waals surface area contributed by atoms with Gasteiger partial charge in [-0.1, -0.05) is 12.1 Å².